The molecule has 0 spiro atoms. The largest absolute Gasteiger partial charge is 0.494 e. The van der Waals surface area contributed by atoms with E-state index in [2.05, 4.69) is 18.8 Å². The van der Waals surface area contributed by atoms with E-state index in [0.29, 0.717) is 25.0 Å². The molecule has 1 aliphatic heterocycles. The second-order valence-corrected chi connectivity index (χ2v) is 5.31. The van der Waals surface area contributed by atoms with Crippen LogP contribution in [0.5, 0.6) is 5.75 Å². The third-order valence-electron chi connectivity index (χ3n) is 2.61. The van der Waals surface area contributed by atoms with Crippen LogP contribution in [0.15, 0.2) is 29.3 Å². The Balaban J connectivity index is 2.00. The number of rotatable bonds is 5. The summed E-state index contributed by atoms with van der Waals surface area (Å²) in [6, 6.07) is 7.80. The zero-order valence-electron chi connectivity index (χ0n) is 10.8. The molecule has 1 aromatic carbocycles. The Kier molecular flexibility index (Phi) is 4.12. The number of hydrogen-bond acceptors (Lipinski definition) is 3. The fourth-order valence-corrected chi connectivity index (χ4v) is 1.78. The summed E-state index contributed by atoms with van der Waals surface area (Å²) in [7, 11) is 0. The minimum absolute atomic E-state index is 0.120. The van der Waals surface area contributed by atoms with E-state index in [1.54, 1.807) is 0 Å². The lowest BCUT2D eigenvalue weighted by Gasteiger charge is -2.07. The molecule has 0 N–H and O–H groups in total. The quantitative estimate of drug-likeness (QED) is 0.606. The fourth-order valence-electron chi connectivity index (χ4n) is 1.67. The highest BCUT2D eigenvalue weighted by molar-refractivity contribution is 6.17. The molecule has 0 unspecified atom stereocenters. The van der Waals surface area contributed by atoms with Crippen LogP contribution in [0.3, 0.4) is 0 Å². The molecular weight excluding hydrogens is 250 g/mol. The number of benzene rings is 1. The van der Waals surface area contributed by atoms with Gasteiger partial charge in [0, 0.05) is 11.4 Å². The molecule has 0 bridgehead atoms. The third kappa shape index (κ3) is 3.39. The lowest BCUT2D eigenvalue weighted by molar-refractivity contribution is 0.279. The minimum atomic E-state index is -0.120. The predicted molar refractivity (Wildman–Crippen MR) is 73.8 cm³/mol. The normalized spacial score (nSPS) is 17.2. The van der Waals surface area contributed by atoms with Crippen LogP contribution in [0.2, 0.25) is 0 Å². The molecule has 0 amide bonds. The summed E-state index contributed by atoms with van der Waals surface area (Å²) in [5.41, 5.74) is 0.871. The molecule has 0 radical (unpaired) electrons. The summed E-state index contributed by atoms with van der Waals surface area (Å²) in [6.45, 7) is 5.40. The van der Waals surface area contributed by atoms with Crippen LogP contribution >= 0.6 is 11.6 Å². The molecular formula is C14H18ClNO2. The standard InChI is InChI=1S/C14H18ClNO2/c1-14(2)10-18-13(16-14)11-4-6-12(7-5-11)17-9-3-8-15/h4-7H,3,8-10H2,1-2H3. The second kappa shape index (κ2) is 5.61. The van der Waals surface area contributed by atoms with Crippen LogP contribution in [-0.2, 0) is 4.74 Å². The molecule has 0 aromatic heterocycles. The molecule has 1 heterocycles. The van der Waals surface area contributed by atoms with Gasteiger partial charge >= 0.3 is 0 Å². The van der Waals surface area contributed by atoms with Crippen molar-refractivity contribution in [1.82, 2.24) is 0 Å². The molecule has 1 aromatic rings. The Hall–Kier alpha value is -1.22. The zero-order valence-corrected chi connectivity index (χ0v) is 11.5. The van der Waals surface area contributed by atoms with Gasteiger partial charge in [0.25, 0.3) is 0 Å². The van der Waals surface area contributed by atoms with Crippen LogP contribution in [0, 0.1) is 0 Å². The highest BCUT2D eigenvalue weighted by atomic mass is 35.5. The first kappa shape index (κ1) is 13.2. The van der Waals surface area contributed by atoms with Gasteiger partial charge in [0.05, 0.1) is 12.1 Å². The second-order valence-electron chi connectivity index (χ2n) is 4.93. The molecule has 2 rings (SSSR count). The molecule has 4 heteroatoms. The van der Waals surface area contributed by atoms with E-state index in [1.165, 1.54) is 0 Å². The van der Waals surface area contributed by atoms with E-state index in [1.807, 2.05) is 24.3 Å². The summed E-state index contributed by atoms with van der Waals surface area (Å²) in [5, 5.41) is 0. The number of ether oxygens (including phenoxy) is 2. The summed E-state index contributed by atoms with van der Waals surface area (Å²) in [6.07, 6.45) is 0.854. The fraction of sp³-hybridized carbons (Fsp3) is 0.500. The first-order chi connectivity index (χ1) is 8.61. The first-order valence-electron chi connectivity index (χ1n) is 6.12. The number of alkyl halides is 1. The van der Waals surface area contributed by atoms with E-state index in [9.17, 15) is 0 Å². The lowest BCUT2D eigenvalue weighted by Crippen LogP contribution is -2.17. The van der Waals surface area contributed by atoms with Gasteiger partial charge in [0.15, 0.2) is 0 Å². The first-order valence-corrected chi connectivity index (χ1v) is 6.66. The monoisotopic (exact) mass is 267 g/mol. The number of nitrogens with zero attached hydrogens (tertiary/aromatic N) is 1. The summed E-state index contributed by atoms with van der Waals surface area (Å²) in [5.74, 6) is 2.19. The van der Waals surface area contributed by atoms with Crippen LogP contribution in [0.1, 0.15) is 25.8 Å². The Morgan fingerprint density at radius 2 is 2.06 bits per heavy atom. The van der Waals surface area contributed by atoms with Gasteiger partial charge in [-0.1, -0.05) is 0 Å². The van der Waals surface area contributed by atoms with Crippen molar-refractivity contribution in [2.24, 2.45) is 4.99 Å². The van der Waals surface area contributed by atoms with Crippen molar-refractivity contribution in [2.75, 3.05) is 19.1 Å². The molecule has 0 atom stereocenters. The van der Waals surface area contributed by atoms with Crippen molar-refractivity contribution in [3.8, 4) is 5.75 Å². The Labute approximate surface area is 113 Å². The SMILES string of the molecule is CC1(C)COC(c2ccc(OCCCCl)cc2)=N1. The van der Waals surface area contributed by atoms with Crippen LogP contribution in [-0.4, -0.2) is 30.5 Å². The maximum Gasteiger partial charge on any atom is 0.216 e. The van der Waals surface area contributed by atoms with Crippen molar-refractivity contribution >= 4 is 17.5 Å². The Morgan fingerprint density at radius 3 is 2.61 bits per heavy atom. The molecule has 0 fully saturated rings. The average molecular weight is 268 g/mol. The van der Waals surface area contributed by atoms with Crippen LogP contribution in [0.25, 0.3) is 0 Å². The molecule has 3 nitrogen and oxygen atoms in total. The molecule has 18 heavy (non-hydrogen) atoms. The van der Waals surface area contributed by atoms with Gasteiger partial charge < -0.3 is 9.47 Å². The van der Waals surface area contributed by atoms with E-state index < -0.39 is 0 Å². The van der Waals surface area contributed by atoms with Crippen LogP contribution in [0.4, 0.5) is 0 Å². The molecule has 0 aliphatic carbocycles. The number of hydrogen-bond donors (Lipinski definition) is 0. The van der Waals surface area contributed by atoms with Gasteiger partial charge in [0.1, 0.15) is 12.4 Å². The molecule has 0 saturated carbocycles. The van der Waals surface area contributed by atoms with Crippen molar-refractivity contribution in [3.05, 3.63) is 29.8 Å². The minimum Gasteiger partial charge on any atom is -0.494 e. The van der Waals surface area contributed by atoms with Gasteiger partial charge in [-0.15, -0.1) is 11.6 Å². The van der Waals surface area contributed by atoms with Gasteiger partial charge in [-0.25, -0.2) is 4.99 Å². The van der Waals surface area contributed by atoms with E-state index >= 15 is 0 Å². The van der Waals surface area contributed by atoms with E-state index in [0.717, 1.165) is 17.7 Å². The zero-order chi connectivity index (χ0) is 13.0. The lowest BCUT2D eigenvalue weighted by atomic mass is 10.1. The third-order valence-corrected chi connectivity index (χ3v) is 2.88. The summed E-state index contributed by atoms with van der Waals surface area (Å²) in [4.78, 5) is 4.53. The maximum absolute atomic E-state index is 5.59. The Morgan fingerprint density at radius 1 is 1.33 bits per heavy atom. The number of aliphatic imine (C=N–C) groups is 1. The molecule has 0 saturated heterocycles. The van der Waals surface area contributed by atoms with Gasteiger partial charge in [-0.05, 0) is 44.5 Å². The van der Waals surface area contributed by atoms with Gasteiger partial charge in [0.2, 0.25) is 5.90 Å². The smallest absolute Gasteiger partial charge is 0.216 e. The average Bonchev–Trinajstić information content (AvgIpc) is 2.71. The summed E-state index contributed by atoms with van der Waals surface area (Å²) < 4.78 is 11.1. The van der Waals surface area contributed by atoms with E-state index in [4.69, 9.17) is 21.1 Å². The topological polar surface area (TPSA) is 30.8 Å². The molecule has 98 valence electrons. The van der Waals surface area contributed by atoms with Gasteiger partial charge in [-0.2, -0.15) is 0 Å². The van der Waals surface area contributed by atoms with Gasteiger partial charge in [-0.3, -0.25) is 0 Å². The van der Waals surface area contributed by atoms with Crippen molar-refractivity contribution in [2.45, 2.75) is 25.8 Å². The Bertz CT molecular complexity index is 426. The maximum atomic E-state index is 5.59. The van der Waals surface area contributed by atoms with Crippen LogP contribution < -0.4 is 4.74 Å². The number of halogens is 1. The highest BCUT2D eigenvalue weighted by Gasteiger charge is 2.26. The highest BCUT2D eigenvalue weighted by Crippen LogP contribution is 2.22. The van der Waals surface area contributed by atoms with Crippen molar-refractivity contribution in [1.29, 1.82) is 0 Å². The summed E-state index contributed by atoms with van der Waals surface area (Å²) >= 11 is 5.59. The van der Waals surface area contributed by atoms with Crippen molar-refractivity contribution < 1.29 is 9.47 Å². The predicted octanol–water partition coefficient (Wildman–Crippen LogP) is 3.25. The molecule has 1 aliphatic rings. The van der Waals surface area contributed by atoms with Crippen molar-refractivity contribution in [3.63, 3.8) is 0 Å². The van der Waals surface area contributed by atoms with E-state index in [-0.39, 0.29) is 5.54 Å².